The summed E-state index contributed by atoms with van der Waals surface area (Å²) in [7, 11) is 1.41. The van der Waals surface area contributed by atoms with Crippen molar-refractivity contribution in [1.82, 2.24) is 0 Å². The number of ether oxygens (including phenoxy) is 1. The number of rotatable bonds is 4. The first kappa shape index (κ1) is 12.6. The van der Waals surface area contributed by atoms with E-state index in [0.717, 1.165) is 5.76 Å². The Balaban J connectivity index is 2.19. The highest BCUT2D eigenvalue weighted by Gasteiger charge is 2.16. The molecule has 0 amide bonds. The van der Waals surface area contributed by atoms with E-state index < -0.39 is 11.9 Å². The Kier molecular flexibility index (Phi) is 3.67. The second-order valence-electron chi connectivity index (χ2n) is 4.10. The zero-order valence-electron chi connectivity index (χ0n) is 10.3. The molecule has 0 aliphatic rings. The number of hydrogen-bond acceptors (Lipinski definition) is 3. The van der Waals surface area contributed by atoms with Crippen LogP contribution in [0.1, 0.15) is 23.2 Å². The molecule has 0 bridgehead atoms. The van der Waals surface area contributed by atoms with Gasteiger partial charge in [0.2, 0.25) is 0 Å². The molecule has 1 aromatic carbocycles. The molecule has 18 heavy (non-hydrogen) atoms. The summed E-state index contributed by atoms with van der Waals surface area (Å²) in [4.78, 5) is 0. The van der Waals surface area contributed by atoms with Crippen LogP contribution >= 0.6 is 0 Å². The van der Waals surface area contributed by atoms with E-state index in [-0.39, 0.29) is 12.2 Å². The molecular formula is C14H15FO3. The third-order valence-electron chi connectivity index (χ3n) is 2.77. The van der Waals surface area contributed by atoms with Gasteiger partial charge in [-0.25, -0.2) is 4.39 Å². The molecule has 96 valence electrons. The standard InChI is InChI=1S/C14H15FO3/c1-9-6-7-12(18-9)11(16)8-10-4-3-5-13(17-2)14(10)15/h3-7,11,16H,8H2,1-2H3. The first-order valence-corrected chi connectivity index (χ1v) is 5.67. The molecule has 2 aromatic rings. The lowest BCUT2D eigenvalue weighted by Crippen LogP contribution is -2.03. The van der Waals surface area contributed by atoms with Crippen LogP contribution in [0.3, 0.4) is 0 Å². The Bertz CT molecular complexity index is 534. The Morgan fingerprint density at radius 1 is 1.33 bits per heavy atom. The van der Waals surface area contributed by atoms with E-state index in [1.807, 2.05) is 0 Å². The summed E-state index contributed by atoms with van der Waals surface area (Å²) in [6.45, 7) is 1.79. The van der Waals surface area contributed by atoms with Crippen LogP contribution in [0, 0.1) is 12.7 Å². The van der Waals surface area contributed by atoms with Gasteiger partial charge in [-0.05, 0) is 30.7 Å². The molecule has 0 spiro atoms. The topological polar surface area (TPSA) is 42.6 Å². The molecule has 0 aliphatic carbocycles. The van der Waals surface area contributed by atoms with Gasteiger partial charge >= 0.3 is 0 Å². The number of halogens is 1. The van der Waals surface area contributed by atoms with E-state index in [9.17, 15) is 9.50 Å². The lowest BCUT2D eigenvalue weighted by molar-refractivity contribution is 0.147. The Morgan fingerprint density at radius 3 is 2.72 bits per heavy atom. The lowest BCUT2D eigenvalue weighted by Gasteiger charge is -2.10. The summed E-state index contributed by atoms with van der Waals surface area (Å²) >= 11 is 0. The van der Waals surface area contributed by atoms with Crippen LogP contribution in [-0.4, -0.2) is 12.2 Å². The van der Waals surface area contributed by atoms with Crippen molar-refractivity contribution in [3.05, 3.63) is 53.2 Å². The first-order valence-electron chi connectivity index (χ1n) is 5.67. The van der Waals surface area contributed by atoms with Gasteiger partial charge in [0.25, 0.3) is 0 Å². The summed E-state index contributed by atoms with van der Waals surface area (Å²) < 4.78 is 24.1. The fourth-order valence-corrected chi connectivity index (χ4v) is 1.81. The van der Waals surface area contributed by atoms with E-state index in [2.05, 4.69) is 0 Å². The SMILES string of the molecule is COc1cccc(CC(O)c2ccc(C)o2)c1F. The van der Waals surface area contributed by atoms with Crippen LogP contribution in [-0.2, 0) is 6.42 Å². The van der Waals surface area contributed by atoms with Crippen LogP contribution in [0.15, 0.2) is 34.7 Å². The van der Waals surface area contributed by atoms with Crippen molar-refractivity contribution in [2.75, 3.05) is 7.11 Å². The van der Waals surface area contributed by atoms with Gasteiger partial charge in [0, 0.05) is 6.42 Å². The molecule has 1 N–H and O–H groups in total. The maximum absolute atomic E-state index is 13.9. The Hall–Kier alpha value is -1.81. The van der Waals surface area contributed by atoms with Crippen molar-refractivity contribution < 1.29 is 18.7 Å². The minimum Gasteiger partial charge on any atom is -0.494 e. The normalized spacial score (nSPS) is 12.4. The number of benzene rings is 1. The number of aliphatic hydroxyl groups excluding tert-OH is 1. The highest BCUT2D eigenvalue weighted by atomic mass is 19.1. The largest absolute Gasteiger partial charge is 0.494 e. The lowest BCUT2D eigenvalue weighted by atomic mass is 10.1. The molecule has 1 atom stereocenters. The monoisotopic (exact) mass is 250 g/mol. The highest BCUT2D eigenvalue weighted by Crippen LogP contribution is 2.25. The maximum atomic E-state index is 13.9. The molecule has 0 radical (unpaired) electrons. The molecule has 2 rings (SSSR count). The van der Waals surface area contributed by atoms with E-state index in [1.54, 1.807) is 37.3 Å². The Labute approximate surface area is 105 Å². The summed E-state index contributed by atoms with van der Waals surface area (Å²) in [5.41, 5.74) is 0.399. The van der Waals surface area contributed by atoms with Crippen molar-refractivity contribution in [2.24, 2.45) is 0 Å². The van der Waals surface area contributed by atoms with Crippen molar-refractivity contribution in [3.63, 3.8) is 0 Å². The molecule has 0 fully saturated rings. The second-order valence-corrected chi connectivity index (χ2v) is 4.10. The average Bonchev–Trinajstić information content (AvgIpc) is 2.78. The fourth-order valence-electron chi connectivity index (χ4n) is 1.81. The predicted octanol–water partition coefficient (Wildman–Crippen LogP) is 3.01. The molecule has 0 aliphatic heterocycles. The van der Waals surface area contributed by atoms with Gasteiger partial charge in [-0.1, -0.05) is 12.1 Å². The van der Waals surface area contributed by atoms with Crippen molar-refractivity contribution >= 4 is 0 Å². The Morgan fingerprint density at radius 2 is 2.11 bits per heavy atom. The molecule has 1 heterocycles. The number of furan rings is 1. The average molecular weight is 250 g/mol. The number of aryl methyl sites for hydroxylation is 1. The van der Waals surface area contributed by atoms with Crippen molar-refractivity contribution in [1.29, 1.82) is 0 Å². The predicted molar refractivity (Wildman–Crippen MR) is 65.1 cm³/mol. The third kappa shape index (κ3) is 2.54. The molecule has 4 heteroatoms. The molecule has 1 unspecified atom stereocenters. The smallest absolute Gasteiger partial charge is 0.168 e. The second kappa shape index (κ2) is 5.23. The number of aliphatic hydroxyl groups is 1. The van der Waals surface area contributed by atoms with Crippen LogP contribution < -0.4 is 4.74 Å². The molecule has 3 nitrogen and oxygen atoms in total. The van der Waals surface area contributed by atoms with E-state index in [1.165, 1.54) is 7.11 Å². The van der Waals surface area contributed by atoms with Gasteiger partial charge in [-0.3, -0.25) is 0 Å². The van der Waals surface area contributed by atoms with Gasteiger partial charge < -0.3 is 14.3 Å². The summed E-state index contributed by atoms with van der Waals surface area (Å²) in [5.74, 6) is 0.891. The summed E-state index contributed by atoms with van der Waals surface area (Å²) in [6.07, 6.45) is -0.712. The summed E-state index contributed by atoms with van der Waals surface area (Å²) in [5, 5.41) is 9.97. The minimum atomic E-state index is -0.861. The van der Waals surface area contributed by atoms with Gasteiger partial charge in [0.05, 0.1) is 7.11 Å². The number of hydrogen-bond donors (Lipinski definition) is 1. The third-order valence-corrected chi connectivity index (χ3v) is 2.77. The minimum absolute atomic E-state index is 0.149. The van der Waals surface area contributed by atoms with Crippen LogP contribution in [0.4, 0.5) is 4.39 Å². The quantitative estimate of drug-likeness (QED) is 0.907. The molecule has 0 saturated heterocycles. The first-order chi connectivity index (χ1) is 8.61. The van der Waals surface area contributed by atoms with Crippen LogP contribution in [0.25, 0.3) is 0 Å². The van der Waals surface area contributed by atoms with Crippen molar-refractivity contribution in [3.8, 4) is 5.75 Å². The zero-order valence-corrected chi connectivity index (χ0v) is 10.3. The summed E-state index contributed by atoms with van der Waals surface area (Å²) in [6, 6.07) is 8.31. The highest BCUT2D eigenvalue weighted by molar-refractivity contribution is 5.31. The molecule has 1 aromatic heterocycles. The number of methoxy groups -OCH3 is 1. The molecular weight excluding hydrogens is 235 g/mol. The van der Waals surface area contributed by atoms with Gasteiger partial charge in [0.15, 0.2) is 11.6 Å². The van der Waals surface area contributed by atoms with E-state index in [4.69, 9.17) is 9.15 Å². The van der Waals surface area contributed by atoms with Gasteiger partial charge in [0.1, 0.15) is 17.6 Å². The van der Waals surface area contributed by atoms with Gasteiger partial charge in [-0.2, -0.15) is 0 Å². The van der Waals surface area contributed by atoms with E-state index in [0.29, 0.717) is 11.3 Å². The van der Waals surface area contributed by atoms with E-state index >= 15 is 0 Å². The van der Waals surface area contributed by atoms with Crippen molar-refractivity contribution in [2.45, 2.75) is 19.4 Å². The maximum Gasteiger partial charge on any atom is 0.168 e. The van der Waals surface area contributed by atoms with Crippen LogP contribution in [0.2, 0.25) is 0 Å². The fraction of sp³-hybridized carbons (Fsp3) is 0.286. The zero-order chi connectivity index (χ0) is 13.1. The van der Waals surface area contributed by atoms with Crippen LogP contribution in [0.5, 0.6) is 5.75 Å². The van der Waals surface area contributed by atoms with Gasteiger partial charge in [-0.15, -0.1) is 0 Å². The molecule has 0 saturated carbocycles.